The zero-order valence-corrected chi connectivity index (χ0v) is 27.9. The number of hydrogen-bond donors (Lipinski definition) is 0. The molecule has 9 nitrogen and oxygen atoms in total. The van der Waals surface area contributed by atoms with Gasteiger partial charge >= 0.3 is 5.97 Å². The van der Waals surface area contributed by atoms with Crippen molar-refractivity contribution in [2.45, 2.75) is 26.5 Å². The third kappa shape index (κ3) is 6.25. The molecular weight excluding hydrogens is 695 g/mol. The van der Waals surface area contributed by atoms with Crippen LogP contribution in [-0.4, -0.2) is 38.5 Å². The normalized spacial score (nSPS) is 14.5. The lowest BCUT2D eigenvalue weighted by Crippen LogP contribution is -2.40. The molecule has 1 aliphatic rings. The van der Waals surface area contributed by atoms with Gasteiger partial charge in [-0.3, -0.25) is 9.36 Å². The van der Waals surface area contributed by atoms with Gasteiger partial charge in [0, 0.05) is 5.56 Å². The van der Waals surface area contributed by atoms with Gasteiger partial charge in [0.1, 0.15) is 24.1 Å². The Balaban J connectivity index is 1.63. The van der Waals surface area contributed by atoms with Crippen LogP contribution in [0, 0.1) is 3.57 Å². The highest BCUT2D eigenvalue weighted by atomic mass is 127. The van der Waals surface area contributed by atoms with E-state index in [-0.39, 0.29) is 17.7 Å². The van der Waals surface area contributed by atoms with Gasteiger partial charge in [-0.25, -0.2) is 9.79 Å². The molecular formula is C33H31IN2O7S. The number of benzene rings is 3. The van der Waals surface area contributed by atoms with Crippen LogP contribution in [0.15, 0.2) is 81.7 Å². The maximum atomic E-state index is 14.1. The number of hydrogen-bond acceptors (Lipinski definition) is 9. The number of fused-ring (bicyclic) bond motifs is 1. The van der Waals surface area contributed by atoms with Crippen LogP contribution < -0.4 is 33.8 Å². The van der Waals surface area contributed by atoms with Crippen LogP contribution in [0.5, 0.6) is 23.0 Å². The van der Waals surface area contributed by atoms with Crippen molar-refractivity contribution in [3.05, 3.63) is 112 Å². The Morgan fingerprint density at radius 2 is 1.77 bits per heavy atom. The SMILES string of the molecule is CCOC(=O)C1=C(C)N=c2s/c(=C\c3cc(I)c(OCc4ccccc4)c(OC)c3)c(=O)n2C1c1cc(OC)ccc1OC. The molecule has 0 spiro atoms. The Morgan fingerprint density at radius 1 is 1.02 bits per heavy atom. The van der Waals surface area contributed by atoms with Gasteiger partial charge in [0.05, 0.1) is 47.3 Å². The lowest BCUT2D eigenvalue weighted by Gasteiger charge is -2.26. The number of thiazole rings is 1. The maximum Gasteiger partial charge on any atom is 0.338 e. The standard InChI is InChI=1S/C33H31IN2O7S/c1-6-42-32(38)28-19(2)35-33-36(29(28)23-17-22(39-3)12-13-25(23)40-4)31(37)27(44-33)16-21-14-24(34)30(26(15-21)41-5)43-18-20-10-8-7-9-11-20/h7-17,29H,6,18H2,1-5H3/b27-16-. The molecule has 44 heavy (non-hydrogen) atoms. The third-order valence-electron chi connectivity index (χ3n) is 7.02. The summed E-state index contributed by atoms with van der Waals surface area (Å²) in [4.78, 5) is 32.5. The van der Waals surface area contributed by atoms with Crippen LogP contribution in [0.1, 0.15) is 36.6 Å². The molecule has 3 aromatic carbocycles. The molecule has 0 fully saturated rings. The van der Waals surface area contributed by atoms with Crippen LogP contribution in [0.2, 0.25) is 0 Å². The number of aromatic nitrogens is 1. The second-order valence-corrected chi connectivity index (χ2v) is 11.9. The summed E-state index contributed by atoms with van der Waals surface area (Å²) in [7, 11) is 4.68. The van der Waals surface area contributed by atoms with E-state index in [2.05, 4.69) is 27.6 Å². The van der Waals surface area contributed by atoms with Crippen LogP contribution in [0.4, 0.5) is 0 Å². The summed E-state index contributed by atoms with van der Waals surface area (Å²) in [5, 5.41) is 0. The van der Waals surface area contributed by atoms with E-state index in [1.165, 1.54) is 23.0 Å². The molecule has 4 aromatic rings. The van der Waals surface area contributed by atoms with Crippen molar-refractivity contribution < 1.29 is 28.5 Å². The van der Waals surface area contributed by atoms with Crippen LogP contribution in [0.3, 0.4) is 0 Å². The van der Waals surface area contributed by atoms with Crippen molar-refractivity contribution in [1.82, 2.24) is 4.57 Å². The summed E-state index contributed by atoms with van der Waals surface area (Å²) in [6.45, 7) is 4.04. The smallest absolute Gasteiger partial charge is 0.338 e. The number of ether oxygens (including phenoxy) is 5. The van der Waals surface area contributed by atoms with Gasteiger partial charge in [0.2, 0.25) is 0 Å². The van der Waals surface area contributed by atoms with Crippen molar-refractivity contribution in [1.29, 1.82) is 0 Å². The Morgan fingerprint density at radius 3 is 2.45 bits per heavy atom. The molecule has 2 heterocycles. The van der Waals surface area contributed by atoms with E-state index in [4.69, 9.17) is 23.7 Å². The third-order valence-corrected chi connectivity index (χ3v) is 8.81. The van der Waals surface area contributed by atoms with Gasteiger partial charge in [-0.1, -0.05) is 41.7 Å². The van der Waals surface area contributed by atoms with E-state index in [0.717, 1.165) is 14.7 Å². The van der Waals surface area contributed by atoms with Crippen molar-refractivity contribution in [2.24, 2.45) is 4.99 Å². The molecule has 0 radical (unpaired) electrons. The molecule has 0 saturated heterocycles. The number of carbonyl (C=O) groups excluding carboxylic acids is 1. The highest BCUT2D eigenvalue weighted by Gasteiger charge is 2.35. The molecule has 1 unspecified atom stereocenters. The van der Waals surface area contributed by atoms with E-state index in [9.17, 15) is 9.59 Å². The zero-order chi connectivity index (χ0) is 31.4. The Bertz CT molecular complexity index is 1910. The summed E-state index contributed by atoms with van der Waals surface area (Å²) >= 11 is 3.44. The van der Waals surface area contributed by atoms with Crippen LogP contribution >= 0.6 is 33.9 Å². The predicted octanol–water partition coefficient (Wildman–Crippen LogP) is 5.01. The summed E-state index contributed by atoms with van der Waals surface area (Å²) in [5.74, 6) is 1.66. The highest BCUT2D eigenvalue weighted by Crippen LogP contribution is 2.38. The number of allylic oxidation sites excluding steroid dienone is 1. The first kappa shape index (κ1) is 31.3. The Kier molecular flexibility index (Phi) is 9.74. The van der Waals surface area contributed by atoms with E-state index in [1.54, 1.807) is 52.3 Å². The molecule has 0 bridgehead atoms. The Labute approximate surface area is 272 Å². The zero-order valence-electron chi connectivity index (χ0n) is 24.9. The van der Waals surface area contributed by atoms with E-state index in [0.29, 0.717) is 50.2 Å². The van der Waals surface area contributed by atoms with Gasteiger partial charge in [0.15, 0.2) is 16.3 Å². The first-order valence-corrected chi connectivity index (χ1v) is 15.6. The molecule has 11 heteroatoms. The lowest BCUT2D eigenvalue weighted by molar-refractivity contribution is -0.139. The summed E-state index contributed by atoms with van der Waals surface area (Å²) in [6.07, 6.45) is 1.79. The first-order chi connectivity index (χ1) is 21.3. The van der Waals surface area contributed by atoms with E-state index in [1.807, 2.05) is 42.5 Å². The minimum atomic E-state index is -0.846. The fourth-order valence-electron chi connectivity index (χ4n) is 4.98. The second-order valence-electron chi connectivity index (χ2n) is 9.72. The average Bonchev–Trinajstić information content (AvgIpc) is 3.33. The molecule has 228 valence electrons. The minimum absolute atomic E-state index is 0.174. The van der Waals surface area contributed by atoms with E-state index >= 15 is 0 Å². The lowest BCUT2D eigenvalue weighted by atomic mass is 9.94. The maximum absolute atomic E-state index is 14.1. The van der Waals surface area contributed by atoms with Gasteiger partial charge < -0.3 is 23.7 Å². The quantitative estimate of drug-likeness (QED) is 0.168. The molecule has 0 N–H and O–H groups in total. The molecule has 1 aromatic heterocycles. The topological polar surface area (TPSA) is 97.6 Å². The van der Waals surface area contributed by atoms with Gasteiger partial charge in [-0.2, -0.15) is 0 Å². The largest absolute Gasteiger partial charge is 0.497 e. The number of methoxy groups -OCH3 is 3. The van der Waals surface area contributed by atoms with Gasteiger partial charge in [0.25, 0.3) is 5.56 Å². The van der Waals surface area contributed by atoms with Crippen molar-refractivity contribution in [3.63, 3.8) is 0 Å². The van der Waals surface area contributed by atoms with E-state index < -0.39 is 12.0 Å². The second kappa shape index (κ2) is 13.7. The van der Waals surface area contributed by atoms with Gasteiger partial charge in [-0.05, 0) is 84.0 Å². The number of esters is 1. The minimum Gasteiger partial charge on any atom is -0.497 e. The van der Waals surface area contributed by atoms with Gasteiger partial charge in [-0.15, -0.1) is 0 Å². The number of rotatable bonds is 10. The first-order valence-electron chi connectivity index (χ1n) is 13.7. The highest BCUT2D eigenvalue weighted by molar-refractivity contribution is 14.1. The fourth-order valence-corrected chi connectivity index (χ4v) is 6.81. The molecule has 0 aliphatic carbocycles. The fraction of sp³-hybridized carbons (Fsp3) is 0.242. The van der Waals surface area contributed by atoms with Crippen molar-refractivity contribution in [2.75, 3.05) is 27.9 Å². The molecule has 1 aliphatic heterocycles. The summed E-state index contributed by atoms with van der Waals surface area (Å²) < 4.78 is 31.1. The van der Waals surface area contributed by atoms with Crippen LogP contribution in [0.25, 0.3) is 6.08 Å². The monoisotopic (exact) mass is 726 g/mol. The molecule has 1 atom stereocenters. The average molecular weight is 727 g/mol. The van der Waals surface area contributed by atoms with Crippen LogP contribution in [-0.2, 0) is 16.1 Å². The number of halogens is 1. The predicted molar refractivity (Wildman–Crippen MR) is 176 cm³/mol. The van der Waals surface area contributed by atoms with Crippen molar-refractivity contribution in [3.8, 4) is 23.0 Å². The summed E-state index contributed by atoms with van der Waals surface area (Å²) in [6, 6.07) is 18.1. The van der Waals surface area contributed by atoms with Crippen molar-refractivity contribution >= 4 is 46.0 Å². The summed E-state index contributed by atoms with van der Waals surface area (Å²) in [5.41, 5.74) is 2.77. The molecule has 0 amide bonds. The Hall–Kier alpha value is -4.10. The molecule has 0 saturated carbocycles. The number of nitrogens with zero attached hydrogens (tertiary/aromatic N) is 2. The number of carbonyl (C=O) groups is 1. The molecule has 5 rings (SSSR count).